The van der Waals surface area contributed by atoms with E-state index < -0.39 is 0 Å². The highest BCUT2D eigenvalue weighted by Gasteiger charge is 2.18. The van der Waals surface area contributed by atoms with Crippen LogP contribution >= 0.6 is 23.2 Å². The first-order valence-electron chi connectivity index (χ1n) is 9.09. The van der Waals surface area contributed by atoms with Crippen molar-refractivity contribution in [1.29, 1.82) is 0 Å². The van der Waals surface area contributed by atoms with Crippen LogP contribution < -0.4 is 0 Å². The Morgan fingerprint density at radius 3 is 2.33 bits per heavy atom. The summed E-state index contributed by atoms with van der Waals surface area (Å²) < 4.78 is 1.99. The Hall–Kier alpha value is -3.36. The molecule has 0 spiro atoms. The molecule has 0 aliphatic heterocycles. The van der Waals surface area contributed by atoms with Crippen molar-refractivity contribution in [2.24, 2.45) is 0 Å². The third kappa shape index (κ3) is 3.10. The van der Waals surface area contributed by atoms with Crippen LogP contribution in [0.5, 0.6) is 0 Å². The molecular weight excluding hydrogens is 423 g/mol. The zero-order valence-corrected chi connectivity index (χ0v) is 17.2. The predicted molar refractivity (Wildman–Crippen MR) is 114 cm³/mol. The maximum absolute atomic E-state index is 6.34. The Morgan fingerprint density at radius 2 is 1.57 bits per heavy atom. The van der Waals surface area contributed by atoms with Crippen LogP contribution in [0.4, 0.5) is 0 Å². The number of nitrogens with one attached hydrogen (secondary N) is 1. The smallest absolute Gasteiger partial charge is 0.205 e. The molecule has 0 unspecified atom stereocenters. The monoisotopic (exact) mass is 436 g/mol. The molecule has 3 aromatic heterocycles. The molecule has 0 saturated carbocycles. The van der Waals surface area contributed by atoms with E-state index >= 15 is 0 Å². The molecule has 10 heteroatoms. The first-order chi connectivity index (χ1) is 14.6. The summed E-state index contributed by atoms with van der Waals surface area (Å²) in [7, 11) is 0. The second kappa shape index (κ2) is 7.47. The number of tetrazole rings is 1. The van der Waals surface area contributed by atoms with Gasteiger partial charge in [-0.1, -0.05) is 71.7 Å². The summed E-state index contributed by atoms with van der Waals surface area (Å²) >= 11 is 12.5. The lowest BCUT2D eigenvalue weighted by Gasteiger charge is -2.14. The van der Waals surface area contributed by atoms with Gasteiger partial charge in [0, 0.05) is 5.56 Å². The minimum Gasteiger partial charge on any atom is -0.321 e. The van der Waals surface area contributed by atoms with E-state index in [-0.39, 0.29) is 10.3 Å². The van der Waals surface area contributed by atoms with Crippen LogP contribution in [-0.4, -0.2) is 40.4 Å². The largest absolute Gasteiger partial charge is 0.321 e. The second-order valence-electron chi connectivity index (χ2n) is 6.66. The summed E-state index contributed by atoms with van der Waals surface area (Å²) in [4.78, 5) is 4.54. The van der Waals surface area contributed by atoms with Gasteiger partial charge in [-0.3, -0.25) is 0 Å². The van der Waals surface area contributed by atoms with Gasteiger partial charge >= 0.3 is 0 Å². The number of fused-ring (bicyclic) bond motifs is 1. The highest BCUT2D eigenvalue weighted by molar-refractivity contribution is 6.37. The number of benzene rings is 2. The van der Waals surface area contributed by atoms with Gasteiger partial charge in [0.1, 0.15) is 16.9 Å². The Kier molecular flexibility index (Phi) is 4.65. The van der Waals surface area contributed by atoms with Crippen molar-refractivity contribution in [3.05, 3.63) is 70.2 Å². The van der Waals surface area contributed by atoms with Crippen molar-refractivity contribution in [1.82, 2.24) is 40.4 Å². The molecule has 0 atom stereocenters. The fourth-order valence-electron chi connectivity index (χ4n) is 3.57. The molecule has 5 rings (SSSR count). The zero-order valence-electron chi connectivity index (χ0n) is 15.7. The molecule has 0 aliphatic carbocycles. The minimum absolute atomic E-state index is 0.229. The normalized spacial score (nSPS) is 11.3. The average molecular weight is 437 g/mol. The molecule has 0 fully saturated rings. The molecule has 30 heavy (non-hydrogen) atoms. The van der Waals surface area contributed by atoms with Crippen LogP contribution in [-0.2, 0) is 6.54 Å². The molecule has 0 amide bonds. The number of aromatic amines is 1. The number of H-pyrrole nitrogens is 1. The number of aromatic nitrogens is 8. The van der Waals surface area contributed by atoms with Gasteiger partial charge < -0.3 is 4.57 Å². The van der Waals surface area contributed by atoms with Gasteiger partial charge in [0.25, 0.3) is 0 Å². The molecule has 3 heterocycles. The Balaban J connectivity index is 1.67. The van der Waals surface area contributed by atoms with Gasteiger partial charge in [-0.05, 0) is 28.8 Å². The highest BCUT2D eigenvalue weighted by atomic mass is 35.5. The van der Waals surface area contributed by atoms with E-state index in [1.54, 1.807) is 0 Å². The van der Waals surface area contributed by atoms with E-state index in [1.807, 2.05) is 47.9 Å². The van der Waals surface area contributed by atoms with E-state index in [2.05, 4.69) is 47.9 Å². The van der Waals surface area contributed by atoms with Crippen LogP contribution in [0.25, 0.3) is 33.5 Å². The molecule has 8 nitrogen and oxygen atoms in total. The van der Waals surface area contributed by atoms with E-state index in [1.165, 1.54) is 0 Å². The van der Waals surface area contributed by atoms with Crippen LogP contribution in [0.2, 0.25) is 10.3 Å². The number of halogens is 2. The summed E-state index contributed by atoms with van der Waals surface area (Å²) in [6.07, 6.45) is 0. The van der Waals surface area contributed by atoms with E-state index in [0.29, 0.717) is 23.4 Å². The van der Waals surface area contributed by atoms with Gasteiger partial charge in [0.2, 0.25) is 5.82 Å². The van der Waals surface area contributed by atoms with E-state index in [4.69, 9.17) is 23.2 Å². The minimum atomic E-state index is 0.229. The quantitative estimate of drug-likeness (QED) is 0.449. The summed E-state index contributed by atoms with van der Waals surface area (Å²) in [5.74, 6) is 1.31. The lowest BCUT2D eigenvalue weighted by Crippen LogP contribution is -2.05. The van der Waals surface area contributed by atoms with Gasteiger partial charge in [-0.2, -0.15) is 5.21 Å². The number of hydrogen-bond donors (Lipinski definition) is 1. The molecule has 2 aromatic carbocycles. The van der Waals surface area contributed by atoms with Crippen molar-refractivity contribution in [3.63, 3.8) is 0 Å². The van der Waals surface area contributed by atoms with Crippen LogP contribution in [0.3, 0.4) is 0 Å². The SMILES string of the molecule is Cc1nc2c(Cl)nnc(Cl)c2n1Cc1ccccc1-c1ccccc1-c1nn[nH]n1. The average Bonchev–Trinajstić information content (AvgIpc) is 3.41. The summed E-state index contributed by atoms with van der Waals surface area (Å²) in [6, 6.07) is 16.1. The van der Waals surface area contributed by atoms with Crippen molar-refractivity contribution in [3.8, 4) is 22.5 Å². The Labute approximate surface area is 180 Å². The fraction of sp³-hybridized carbons (Fsp3) is 0.100. The van der Waals surface area contributed by atoms with Crippen molar-refractivity contribution in [2.45, 2.75) is 13.5 Å². The maximum atomic E-state index is 6.34. The molecular formula is C20H14Cl2N8. The van der Waals surface area contributed by atoms with E-state index in [9.17, 15) is 0 Å². The molecule has 1 N–H and O–H groups in total. The van der Waals surface area contributed by atoms with E-state index in [0.717, 1.165) is 28.1 Å². The van der Waals surface area contributed by atoms with Crippen LogP contribution in [0.1, 0.15) is 11.4 Å². The number of aryl methyl sites for hydroxylation is 1. The molecule has 0 aliphatic rings. The van der Waals surface area contributed by atoms with Gasteiger partial charge in [-0.15, -0.1) is 20.4 Å². The topological polar surface area (TPSA) is 98.1 Å². The molecule has 0 radical (unpaired) electrons. The van der Waals surface area contributed by atoms with Crippen LogP contribution in [0.15, 0.2) is 48.5 Å². The first kappa shape index (κ1) is 18.7. The number of hydrogen-bond acceptors (Lipinski definition) is 6. The van der Waals surface area contributed by atoms with Gasteiger partial charge in [-0.25, -0.2) is 4.98 Å². The summed E-state index contributed by atoms with van der Waals surface area (Å²) in [5, 5.41) is 22.8. The zero-order chi connectivity index (χ0) is 20.7. The van der Waals surface area contributed by atoms with Crippen molar-refractivity contribution in [2.75, 3.05) is 0 Å². The molecule has 148 valence electrons. The van der Waals surface area contributed by atoms with Crippen molar-refractivity contribution < 1.29 is 0 Å². The molecule has 5 aromatic rings. The first-order valence-corrected chi connectivity index (χ1v) is 9.84. The number of rotatable bonds is 4. The second-order valence-corrected chi connectivity index (χ2v) is 7.38. The summed E-state index contributed by atoms with van der Waals surface area (Å²) in [5.41, 5.74) is 5.20. The van der Waals surface area contributed by atoms with Crippen molar-refractivity contribution >= 4 is 34.2 Å². The Morgan fingerprint density at radius 1 is 0.867 bits per heavy atom. The van der Waals surface area contributed by atoms with Gasteiger partial charge in [0.15, 0.2) is 10.3 Å². The third-order valence-electron chi connectivity index (χ3n) is 4.92. The van der Waals surface area contributed by atoms with Crippen LogP contribution in [0, 0.1) is 6.92 Å². The third-order valence-corrected chi connectivity index (χ3v) is 5.43. The van der Waals surface area contributed by atoms with Gasteiger partial charge in [0.05, 0.1) is 6.54 Å². The lowest BCUT2D eigenvalue weighted by molar-refractivity contribution is 0.785. The fourth-order valence-corrected chi connectivity index (χ4v) is 3.97. The molecule has 0 bridgehead atoms. The highest BCUT2D eigenvalue weighted by Crippen LogP contribution is 2.34. The molecule has 0 saturated heterocycles. The summed E-state index contributed by atoms with van der Waals surface area (Å²) in [6.45, 7) is 2.43. The number of nitrogens with zero attached hydrogens (tertiary/aromatic N) is 7. The predicted octanol–water partition coefficient (Wildman–Crippen LogP) is 4.34. The number of imidazole rings is 1. The maximum Gasteiger partial charge on any atom is 0.205 e. The Bertz CT molecular complexity index is 1360. The lowest BCUT2D eigenvalue weighted by atomic mass is 9.95. The standard InChI is InChI=1S/C20H14Cl2N8/c1-11-23-16-17(19(22)25-24-18(16)21)30(11)10-12-6-2-3-7-13(12)14-8-4-5-9-15(14)20-26-28-29-27-20/h2-9H,10H2,1H3,(H,26,27,28,29).